The van der Waals surface area contributed by atoms with Crippen molar-refractivity contribution in [3.8, 4) is 5.75 Å². The van der Waals surface area contributed by atoms with Crippen LogP contribution in [0.2, 0.25) is 0 Å². The molecule has 1 fully saturated rings. The highest BCUT2D eigenvalue weighted by atomic mass is 16.5. The number of aliphatic hydroxyl groups is 1. The quantitative estimate of drug-likeness (QED) is 0.887. The average Bonchev–Trinajstić information content (AvgIpc) is 3.15. The summed E-state index contributed by atoms with van der Waals surface area (Å²) in [5.41, 5.74) is 1.16. The number of para-hydroxylation sites is 2. The largest absolute Gasteiger partial charge is 0.495 e. The van der Waals surface area contributed by atoms with Gasteiger partial charge < -0.3 is 19.2 Å². The van der Waals surface area contributed by atoms with E-state index in [0.29, 0.717) is 12.2 Å². The van der Waals surface area contributed by atoms with E-state index < -0.39 is 6.10 Å². The molecule has 0 aliphatic carbocycles. The number of aliphatic hydroxyl groups excluding tert-OH is 1. The number of ether oxygens (including phenoxy) is 1. The van der Waals surface area contributed by atoms with Crippen molar-refractivity contribution in [2.75, 3.05) is 44.7 Å². The molecule has 0 amide bonds. The summed E-state index contributed by atoms with van der Waals surface area (Å²) in [6, 6.07) is 11.8. The summed E-state index contributed by atoms with van der Waals surface area (Å²) >= 11 is 0. The standard InChI is InChI=1S/C18H24N2O3/c1-22-17-6-3-2-5-15(17)20-12-10-19(11-13-20)9-8-16(21)18-7-4-14-23-18/h2-7,14,16,21H,8-13H2,1H3. The third kappa shape index (κ3) is 3.86. The van der Waals surface area contributed by atoms with Gasteiger partial charge in [0.05, 0.1) is 19.1 Å². The van der Waals surface area contributed by atoms with E-state index in [2.05, 4.69) is 15.9 Å². The lowest BCUT2D eigenvalue weighted by atomic mass is 10.1. The number of rotatable bonds is 6. The van der Waals surface area contributed by atoms with Gasteiger partial charge in [-0.3, -0.25) is 4.90 Å². The molecule has 1 atom stereocenters. The Morgan fingerprint density at radius 1 is 1.13 bits per heavy atom. The summed E-state index contributed by atoms with van der Waals surface area (Å²) in [5.74, 6) is 1.58. The van der Waals surface area contributed by atoms with Crippen LogP contribution >= 0.6 is 0 Å². The van der Waals surface area contributed by atoms with Crippen LogP contribution in [0.25, 0.3) is 0 Å². The van der Waals surface area contributed by atoms with Crippen LogP contribution in [0.3, 0.4) is 0 Å². The van der Waals surface area contributed by atoms with Crippen molar-refractivity contribution in [2.45, 2.75) is 12.5 Å². The van der Waals surface area contributed by atoms with Crippen LogP contribution in [0.5, 0.6) is 5.75 Å². The molecule has 1 N–H and O–H groups in total. The van der Waals surface area contributed by atoms with Gasteiger partial charge in [0.1, 0.15) is 17.6 Å². The lowest BCUT2D eigenvalue weighted by Crippen LogP contribution is -2.46. The van der Waals surface area contributed by atoms with Gasteiger partial charge in [0.25, 0.3) is 0 Å². The number of hydrogen-bond acceptors (Lipinski definition) is 5. The highest BCUT2D eigenvalue weighted by Gasteiger charge is 2.20. The van der Waals surface area contributed by atoms with E-state index in [1.54, 1.807) is 13.4 Å². The predicted molar refractivity (Wildman–Crippen MR) is 89.9 cm³/mol. The predicted octanol–water partition coefficient (Wildman–Crippen LogP) is 2.53. The fourth-order valence-electron chi connectivity index (χ4n) is 3.03. The maximum atomic E-state index is 10.1. The minimum atomic E-state index is -0.516. The number of furan rings is 1. The van der Waals surface area contributed by atoms with Gasteiger partial charge in [-0.1, -0.05) is 12.1 Å². The third-order valence-corrected chi connectivity index (χ3v) is 4.39. The Morgan fingerprint density at radius 2 is 1.91 bits per heavy atom. The molecule has 1 aliphatic rings. The molecule has 1 aliphatic heterocycles. The third-order valence-electron chi connectivity index (χ3n) is 4.39. The van der Waals surface area contributed by atoms with E-state index in [1.165, 1.54) is 0 Å². The molecule has 1 unspecified atom stereocenters. The van der Waals surface area contributed by atoms with Gasteiger partial charge in [0.2, 0.25) is 0 Å². The maximum Gasteiger partial charge on any atom is 0.142 e. The van der Waals surface area contributed by atoms with Crippen molar-refractivity contribution < 1.29 is 14.3 Å². The monoisotopic (exact) mass is 316 g/mol. The molecule has 5 heteroatoms. The van der Waals surface area contributed by atoms with Crippen LogP contribution in [0.1, 0.15) is 18.3 Å². The average molecular weight is 316 g/mol. The Kier molecular flexibility index (Phi) is 5.20. The van der Waals surface area contributed by atoms with Crippen LogP contribution in [-0.4, -0.2) is 49.8 Å². The molecule has 23 heavy (non-hydrogen) atoms. The molecule has 3 rings (SSSR count). The van der Waals surface area contributed by atoms with Gasteiger partial charge in [-0.15, -0.1) is 0 Å². The van der Waals surface area contributed by atoms with E-state index in [0.717, 1.165) is 44.2 Å². The first-order valence-electron chi connectivity index (χ1n) is 8.09. The normalized spacial score (nSPS) is 17.2. The summed E-state index contributed by atoms with van der Waals surface area (Å²) in [6.45, 7) is 4.79. The molecule has 0 bridgehead atoms. The molecule has 2 aromatic rings. The molecule has 1 aromatic heterocycles. The van der Waals surface area contributed by atoms with Crippen molar-refractivity contribution in [1.29, 1.82) is 0 Å². The summed E-state index contributed by atoms with van der Waals surface area (Å²) in [4.78, 5) is 4.75. The van der Waals surface area contributed by atoms with E-state index in [-0.39, 0.29) is 0 Å². The first-order chi connectivity index (χ1) is 11.3. The summed E-state index contributed by atoms with van der Waals surface area (Å²) in [6.07, 6.45) is 1.78. The Morgan fingerprint density at radius 3 is 2.61 bits per heavy atom. The second kappa shape index (κ2) is 7.53. The fraction of sp³-hybridized carbons (Fsp3) is 0.444. The minimum absolute atomic E-state index is 0.516. The molecule has 1 aromatic carbocycles. The van der Waals surface area contributed by atoms with Gasteiger partial charge in [0.15, 0.2) is 0 Å². The van der Waals surface area contributed by atoms with Gasteiger partial charge in [-0.25, -0.2) is 0 Å². The molecule has 5 nitrogen and oxygen atoms in total. The second-order valence-electron chi connectivity index (χ2n) is 5.82. The molecule has 0 radical (unpaired) electrons. The number of piperazine rings is 1. The van der Waals surface area contributed by atoms with E-state index in [9.17, 15) is 5.11 Å². The Labute approximate surface area is 137 Å². The highest BCUT2D eigenvalue weighted by molar-refractivity contribution is 5.58. The lowest BCUT2D eigenvalue weighted by Gasteiger charge is -2.36. The van der Waals surface area contributed by atoms with Crippen LogP contribution in [-0.2, 0) is 0 Å². The van der Waals surface area contributed by atoms with Crippen molar-refractivity contribution >= 4 is 5.69 Å². The minimum Gasteiger partial charge on any atom is -0.495 e. The van der Waals surface area contributed by atoms with E-state index >= 15 is 0 Å². The topological polar surface area (TPSA) is 49.1 Å². The Balaban J connectivity index is 1.49. The zero-order valence-electron chi connectivity index (χ0n) is 13.5. The molecule has 0 saturated carbocycles. The molecule has 0 spiro atoms. The number of methoxy groups -OCH3 is 1. The number of hydrogen-bond donors (Lipinski definition) is 1. The fourth-order valence-corrected chi connectivity index (χ4v) is 3.03. The zero-order chi connectivity index (χ0) is 16.1. The van der Waals surface area contributed by atoms with E-state index in [4.69, 9.17) is 9.15 Å². The van der Waals surface area contributed by atoms with Gasteiger partial charge in [-0.05, 0) is 30.7 Å². The number of anilines is 1. The smallest absolute Gasteiger partial charge is 0.142 e. The Bertz CT molecular complexity index is 592. The first-order valence-corrected chi connectivity index (χ1v) is 8.09. The number of benzene rings is 1. The van der Waals surface area contributed by atoms with Gasteiger partial charge in [-0.2, -0.15) is 0 Å². The van der Waals surface area contributed by atoms with Crippen LogP contribution in [0.4, 0.5) is 5.69 Å². The molecular weight excluding hydrogens is 292 g/mol. The van der Waals surface area contributed by atoms with Crippen molar-refractivity contribution in [3.63, 3.8) is 0 Å². The summed E-state index contributed by atoms with van der Waals surface area (Å²) < 4.78 is 10.7. The molecule has 1 saturated heterocycles. The lowest BCUT2D eigenvalue weighted by molar-refractivity contribution is 0.118. The second-order valence-corrected chi connectivity index (χ2v) is 5.82. The molecular formula is C18H24N2O3. The van der Waals surface area contributed by atoms with Crippen molar-refractivity contribution in [2.24, 2.45) is 0 Å². The molecule has 124 valence electrons. The van der Waals surface area contributed by atoms with Crippen LogP contribution in [0, 0.1) is 0 Å². The van der Waals surface area contributed by atoms with Crippen LogP contribution < -0.4 is 9.64 Å². The van der Waals surface area contributed by atoms with Gasteiger partial charge >= 0.3 is 0 Å². The maximum absolute atomic E-state index is 10.1. The van der Waals surface area contributed by atoms with Crippen LogP contribution in [0.15, 0.2) is 47.1 Å². The van der Waals surface area contributed by atoms with Gasteiger partial charge in [0, 0.05) is 32.7 Å². The summed E-state index contributed by atoms with van der Waals surface area (Å²) in [7, 11) is 1.71. The first kappa shape index (κ1) is 15.9. The summed E-state index contributed by atoms with van der Waals surface area (Å²) in [5, 5.41) is 10.1. The van der Waals surface area contributed by atoms with Crippen molar-refractivity contribution in [3.05, 3.63) is 48.4 Å². The Hall–Kier alpha value is -1.98. The highest BCUT2D eigenvalue weighted by Crippen LogP contribution is 2.28. The number of nitrogens with zero attached hydrogens (tertiary/aromatic N) is 2. The zero-order valence-corrected chi connectivity index (χ0v) is 13.5. The van der Waals surface area contributed by atoms with E-state index in [1.807, 2.05) is 30.3 Å². The SMILES string of the molecule is COc1ccccc1N1CCN(CCC(O)c2ccco2)CC1. The molecule has 2 heterocycles. The van der Waals surface area contributed by atoms with Crippen molar-refractivity contribution in [1.82, 2.24) is 4.90 Å².